The first-order valence-electron chi connectivity index (χ1n) is 18.3. The van der Waals surface area contributed by atoms with E-state index in [4.69, 9.17) is 15.2 Å². The number of hydrogen-bond donors (Lipinski definition) is 3. The van der Waals surface area contributed by atoms with Crippen molar-refractivity contribution < 1.29 is 14.1 Å². The van der Waals surface area contributed by atoms with Crippen molar-refractivity contribution in [2.75, 3.05) is 52.5 Å². The van der Waals surface area contributed by atoms with Gasteiger partial charge in [-0.15, -0.1) is 0 Å². The second-order valence-electron chi connectivity index (χ2n) is 13.1. The van der Waals surface area contributed by atoms with Gasteiger partial charge in [0.1, 0.15) is 19.1 Å². The van der Waals surface area contributed by atoms with Crippen LogP contribution in [-0.4, -0.2) is 75.3 Å². The van der Waals surface area contributed by atoms with Gasteiger partial charge >= 0.3 is 0 Å². The summed E-state index contributed by atoms with van der Waals surface area (Å²) in [5, 5.41) is 3.66. The quantitative estimate of drug-likeness (QED) is 0.0593. The van der Waals surface area contributed by atoms with Gasteiger partial charge in [0.05, 0.1) is 25.4 Å². The smallest absolute Gasteiger partial charge is 0.121 e. The molecule has 0 aromatic heterocycles. The monoisotopic (exact) mass is 584 g/mol. The summed E-state index contributed by atoms with van der Waals surface area (Å²) in [6.07, 6.45) is 27.2. The molecule has 0 spiro atoms. The lowest BCUT2D eigenvalue weighted by molar-refractivity contribution is -0.993. The van der Waals surface area contributed by atoms with E-state index < -0.39 is 0 Å². The van der Waals surface area contributed by atoms with E-state index in [2.05, 4.69) is 38.4 Å². The number of rotatable bonds is 30. The molecule has 0 aromatic carbocycles. The highest BCUT2D eigenvalue weighted by Gasteiger charge is 2.39. The van der Waals surface area contributed by atoms with Crippen LogP contribution in [0.15, 0.2) is 0 Å². The van der Waals surface area contributed by atoms with Crippen molar-refractivity contribution in [1.29, 1.82) is 0 Å². The second-order valence-corrected chi connectivity index (χ2v) is 13.1. The van der Waals surface area contributed by atoms with Crippen molar-refractivity contribution in [3.63, 3.8) is 0 Å². The molecule has 1 fully saturated rings. The lowest BCUT2D eigenvalue weighted by Crippen LogP contribution is -2.72. The maximum absolute atomic E-state index is 6.39. The van der Waals surface area contributed by atoms with Gasteiger partial charge in [-0.3, -0.25) is 0 Å². The minimum Gasteiger partial charge on any atom is -0.378 e. The van der Waals surface area contributed by atoms with E-state index >= 15 is 0 Å². The van der Waals surface area contributed by atoms with Gasteiger partial charge in [-0.2, -0.15) is 5.43 Å². The van der Waals surface area contributed by atoms with Gasteiger partial charge in [-0.05, 0) is 39.7 Å². The Morgan fingerprint density at radius 1 is 0.732 bits per heavy atom. The molecule has 6 nitrogen and oxygen atoms in total. The summed E-state index contributed by atoms with van der Waals surface area (Å²) in [5.74, 6) is 0. The van der Waals surface area contributed by atoms with Gasteiger partial charge in [0.2, 0.25) is 0 Å². The van der Waals surface area contributed by atoms with E-state index in [1.807, 2.05) is 0 Å². The number of nitrogens with zero attached hydrogens (tertiary/aromatic N) is 1. The molecule has 1 saturated heterocycles. The van der Waals surface area contributed by atoms with E-state index in [0.29, 0.717) is 18.2 Å². The number of quaternary nitrogens is 1. The van der Waals surface area contributed by atoms with Crippen LogP contribution in [0.1, 0.15) is 156 Å². The van der Waals surface area contributed by atoms with Crippen LogP contribution in [0, 0.1) is 0 Å². The molecule has 4 N–H and O–H groups in total. The Bertz CT molecular complexity index is 552. The fourth-order valence-electron chi connectivity index (χ4n) is 6.36. The Morgan fingerprint density at radius 3 is 1.78 bits per heavy atom. The molecule has 1 aliphatic rings. The van der Waals surface area contributed by atoms with Gasteiger partial charge < -0.3 is 20.5 Å². The number of unbranched alkanes of at least 4 members (excludes halogenated alkanes) is 14. The Kier molecular flexibility index (Phi) is 25.8. The third-order valence-electron chi connectivity index (χ3n) is 9.25. The Hall–Kier alpha value is -0.240. The molecule has 246 valence electrons. The zero-order valence-electron chi connectivity index (χ0n) is 28.4. The normalized spacial score (nSPS) is 20.9. The fraction of sp³-hybridized carbons (Fsp3) is 1.00. The summed E-state index contributed by atoms with van der Waals surface area (Å²) in [6.45, 7) is 16.7. The highest BCUT2D eigenvalue weighted by molar-refractivity contribution is 4.70. The molecule has 0 radical (unpaired) electrons. The second kappa shape index (κ2) is 27.3. The molecule has 4 atom stereocenters. The average molecular weight is 584 g/mol. The van der Waals surface area contributed by atoms with Crippen molar-refractivity contribution in [3.8, 4) is 0 Å². The predicted octanol–water partition coefficient (Wildman–Crippen LogP) is 7.89. The predicted molar refractivity (Wildman–Crippen MR) is 178 cm³/mol. The minimum absolute atomic E-state index is 0.348. The van der Waals surface area contributed by atoms with Gasteiger partial charge in [0, 0.05) is 26.1 Å². The largest absolute Gasteiger partial charge is 0.378 e. The van der Waals surface area contributed by atoms with Gasteiger partial charge in [0.15, 0.2) is 0 Å². The summed E-state index contributed by atoms with van der Waals surface area (Å²) >= 11 is 0. The van der Waals surface area contributed by atoms with Gasteiger partial charge in [-0.25, -0.2) is 4.59 Å². The van der Waals surface area contributed by atoms with Crippen LogP contribution in [0.4, 0.5) is 0 Å². The van der Waals surface area contributed by atoms with Gasteiger partial charge in [0.25, 0.3) is 0 Å². The first kappa shape index (κ1) is 38.8. The van der Waals surface area contributed by atoms with Crippen molar-refractivity contribution in [3.05, 3.63) is 0 Å². The van der Waals surface area contributed by atoms with Crippen molar-refractivity contribution >= 4 is 0 Å². The lowest BCUT2D eigenvalue weighted by Gasteiger charge is -2.47. The van der Waals surface area contributed by atoms with Crippen LogP contribution < -0.4 is 16.5 Å². The molecule has 6 heteroatoms. The van der Waals surface area contributed by atoms with Crippen LogP contribution in [-0.2, 0) is 9.47 Å². The fourth-order valence-corrected chi connectivity index (χ4v) is 6.36. The first-order chi connectivity index (χ1) is 20.1. The van der Waals surface area contributed by atoms with Crippen LogP contribution in [0.5, 0.6) is 0 Å². The molecule has 1 aliphatic heterocycles. The van der Waals surface area contributed by atoms with Crippen LogP contribution in [0.3, 0.4) is 0 Å². The molecule has 1 heterocycles. The Balaban J connectivity index is 2.36. The summed E-state index contributed by atoms with van der Waals surface area (Å²) in [4.78, 5) is 0. The Labute approximate surface area is 257 Å². The van der Waals surface area contributed by atoms with Gasteiger partial charge in [-0.1, -0.05) is 117 Å². The van der Waals surface area contributed by atoms with Crippen LogP contribution >= 0.6 is 0 Å². The molecule has 0 saturated carbocycles. The van der Waals surface area contributed by atoms with Crippen LogP contribution in [0.25, 0.3) is 0 Å². The summed E-state index contributed by atoms with van der Waals surface area (Å²) in [5.41, 5.74) is 9.78. The molecule has 0 aromatic rings. The van der Waals surface area contributed by atoms with Crippen molar-refractivity contribution in [2.24, 2.45) is 5.73 Å². The number of hydrogen-bond acceptors (Lipinski definition) is 5. The van der Waals surface area contributed by atoms with E-state index in [9.17, 15) is 0 Å². The van der Waals surface area contributed by atoms with Crippen molar-refractivity contribution in [1.82, 2.24) is 10.7 Å². The molecule has 0 aliphatic carbocycles. The topological polar surface area (TPSA) is 68.5 Å². The molecule has 4 unspecified atom stereocenters. The third kappa shape index (κ3) is 20.4. The van der Waals surface area contributed by atoms with E-state index in [-0.39, 0.29) is 0 Å². The zero-order chi connectivity index (χ0) is 29.9. The average Bonchev–Trinajstić information content (AvgIpc) is 2.97. The highest BCUT2D eigenvalue weighted by atomic mass is 16.5. The molecule has 1 rings (SSSR count). The standard InChI is InChI=1S/C35H75N4O2/c1-5-7-9-11-13-15-17-19-22-33(3)40-30-24-35-32-37-27-28-39(35,38-26-21-25-36)29-31-41-34(4)23-20-18-16-14-12-10-8-6-2/h33-35,37-38H,5-32,36H2,1-4H3/q+1. The SMILES string of the molecule is CCCCCCCCCCC(C)OCCC1CNCC[N+]1(CCOC(C)CCCCCCCCCC)NCCCN. The number of ether oxygens (including phenoxy) is 2. The van der Waals surface area contributed by atoms with Crippen molar-refractivity contribution in [2.45, 2.75) is 174 Å². The highest BCUT2D eigenvalue weighted by Crippen LogP contribution is 2.19. The number of piperazine rings is 1. The van der Waals surface area contributed by atoms with Crippen LogP contribution in [0.2, 0.25) is 0 Å². The first-order valence-corrected chi connectivity index (χ1v) is 18.3. The summed E-state index contributed by atoms with van der Waals surface area (Å²) < 4.78 is 13.7. The molecular weight excluding hydrogens is 508 g/mol. The minimum atomic E-state index is 0.348. The maximum Gasteiger partial charge on any atom is 0.121 e. The summed E-state index contributed by atoms with van der Waals surface area (Å²) in [6, 6.07) is 0.503. The number of nitrogens with one attached hydrogen (secondary N) is 2. The molecule has 0 amide bonds. The lowest BCUT2D eigenvalue weighted by atomic mass is 10.1. The molecular formula is C35H75N4O2+. The van der Waals surface area contributed by atoms with E-state index in [1.54, 1.807) is 0 Å². The van der Waals surface area contributed by atoms with E-state index in [0.717, 1.165) is 69.9 Å². The zero-order valence-corrected chi connectivity index (χ0v) is 28.4. The Morgan fingerprint density at radius 2 is 1.24 bits per heavy atom. The third-order valence-corrected chi connectivity index (χ3v) is 9.25. The maximum atomic E-state index is 6.39. The summed E-state index contributed by atoms with van der Waals surface area (Å²) in [7, 11) is 0. The molecule has 41 heavy (non-hydrogen) atoms. The number of nitrogens with two attached hydrogens (primary N) is 1. The van der Waals surface area contributed by atoms with E-state index in [1.165, 1.54) is 116 Å². The molecule has 0 bridgehead atoms.